The number of rotatable bonds is 3. The number of carbonyl (C=O) groups is 4. The molecule has 0 radical (unpaired) electrons. The van der Waals surface area contributed by atoms with Crippen LogP contribution in [0.5, 0.6) is 0 Å². The van der Waals surface area contributed by atoms with Gasteiger partial charge in [0, 0.05) is 18.6 Å². The summed E-state index contributed by atoms with van der Waals surface area (Å²) >= 11 is 0. The fourth-order valence-corrected chi connectivity index (χ4v) is 2.86. The van der Waals surface area contributed by atoms with Crippen LogP contribution in [0.3, 0.4) is 0 Å². The van der Waals surface area contributed by atoms with Gasteiger partial charge in [-0.05, 0) is 5.56 Å². The Hall–Kier alpha value is -2.80. The minimum Gasteiger partial charge on any atom is -0.278 e. The van der Waals surface area contributed by atoms with Crippen LogP contribution in [0.4, 0.5) is 0 Å². The third-order valence-corrected chi connectivity index (χ3v) is 3.85. The topological polar surface area (TPSA) is 95.0 Å². The van der Waals surface area contributed by atoms with Gasteiger partial charge in [0.2, 0.25) is 0 Å². The van der Waals surface area contributed by atoms with E-state index < -0.39 is 35.6 Å². The number of amides is 4. The molecule has 4 amide bonds. The first-order valence-electron chi connectivity index (χ1n) is 6.62. The van der Waals surface area contributed by atoms with Crippen molar-refractivity contribution in [1.82, 2.24) is 9.96 Å². The molecular formula is C15H12N2O5. The number of carbonyl (C=O) groups excluding carboxylic acids is 4. The summed E-state index contributed by atoms with van der Waals surface area (Å²) in [6, 6.07) is 8.71. The lowest BCUT2D eigenvalue weighted by Gasteiger charge is -2.34. The summed E-state index contributed by atoms with van der Waals surface area (Å²) in [5.74, 6) is -3.14. The molecule has 22 heavy (non-hydrogen) atoms. The number of nitrogens with zero attached hydrogens (tertiary/aromatic N) is 2. The minimum absolute atomic E-state index is 0.0121. The number of hydrogen-bond donors (Lipinski definition) is 1. The lowest BCUT2D eigenvalue weighted by atomic mass is 9.87. The maximum absolute atomic E-state index is 12.4. The predicted molar refractivity (Wildman–Crippen MR) is 72.1 cm³/mol. The summed E-state index contributed by atoms with van der Waals surface area (Å²) in [5.41, 5.74) is -1.04. The zero-order valence-electron chi connectivity index (χ0n) is 11.4. The minimum atomic E-state index is -1.72. The van der Waals surface area contributed by atoms with Crippen molar-refractivity contribution in [2.45, 2.75) is 18.4 Å². The molecule has 1 fully saturated rings. The first kappa shape index (κ1) is 14.2. The van der Waals surface area contributed by atoms with Crippen molar-refractivity contribution in [3.05, 3.63) is 48.0 Å². The van der Waals surface area contributed by atoms with Crippen LogP contribution in [-0.2, 0) is 25.6 Å². The molecule has 0 aromatic heterocycles. The van der Waals surface area contributed by atoms with Crippen LogP contribution in [0.25, 0.3) is 0 Å². The van der Waals surface area contributed by atoms with Gasteiger partial charge in [0.15, 0.2) is 0 Å². The highest BCUT2D eigenvalue weighted by molar-refractivity contribution is 6.19. The Morgan fingerprint density at radius 3 is 2.09 bits per heavy atom. The van der Waals surface area contributed by atoms with E-state index in [1.54, 1.807) is 30.3 Å². The first-order chi connectivity index (χ1) is 10.5. The molecule has 0 spiro atoms. The summed E-state index contributed by atoms with van der Waals surface area (Å²) in [4.78, 5) is 48.9. The van der Waals surface area contributed by atoms with E-state index in [0.717, 1.165) is 17.1 Å². The fraction of sp³-hybridized carbons (Fsp3) is 0.200. The molecule has 2 aliphatic heterocycles. The fourth-order valence-electron chi connectivity index (χ4n) is 2.86. The molecule has 7 heteroatoms. The molecular weight excluding hydrogens is 288 g/mol. The van der Waals surface area contributed by atoms with Crippen molar-refractivity contribution < 1.29 is 24.4 Å². The Morgan fingerprint density at radius 2 is 1.59 bits per heavy atom. The van der Waals surface area contributed by atoms with Gasteiger partial charge in [0.05, 0.1) is 6.42 Å². The van der Waals surface area contributed by atoms with Crippen molar-refractivity contribution >= 4 is 23.6 Å². The summed E-state index contributed by atoms with van der Waals surface area (Å²) in [5, 5.41) is 9.57. The summed E-state index contributed by atoms with van der Waals surface area (Å²) in [7, 11) is 0. The van der Waals surface area contributed by atoms with Crippen molar-refractivity contribution in [1.29, 1.82) is 0 Å². The Morgan fingerprint density at radius 1 is 1.00 bits per heavy atom. The molecule has 1 atom stereocenters. The molecule has 112 valence electrons. The third-order valence-electron chi connectivity index (χ3n) is 3.85. The van der Waals surface area contributed by atoms with Gasteiger partial charge in [0.25, 0.3) is 23.6 Å². The van der Waals surface area contributed by atoms with Crippen molar-refractivity contribution in [2.24, 2.45) is 0 Å². The second-order valence-corrected chi connectivity index (χ2v) is 5.23. The van der Waals surface area contributed by atoms with Crippen LogP contribution in [0.2, 0.25) is 0 Å². The van der Waals surface area contributed by atoms with Crippen LogP contribution in [0, 0.1) is 0 Å². The molecule has 1 aromatic carbocycles. The Kier molecular flexibility index (Phi) is 3.14. The molecule has 1 aromatic rings. The van der Waals surface area contributed by atoms with Crippen LogP contribution in [0.1, 0.15) is 12.0 Å². The number of hydrogen-bond acceptors (Lipinski definition) is 5. The van der Waals surface area contributed by atoms with Crippen LogP contribution >= 0.6 is 0 Å². The maximum atomic E-state index is 12.4. The second kappa shape index (κ2) is 4.88. The molecule has 1 unspecified atom stereocenters. The number of hydroxylamine groups is 2. The molecule has 3 rings (SSSR count). The van der Waals surface area contributed by atoms with Gasteiger partial charge in [-0.15, -0.1) is 0 Å². The molecule has 0 bridgehead atoms. The quantitative estimate of drug-likeness (QED) is 0.628. The monoisotopic (exact) mass is 300 g/mol. The van der Waals surface area contributed by atoms with Crippen molar-refractivity contribution in [3.8, 4) is 0 Å². The zero-order chi connectivity index (χ0) is 15.9. The highest BCUT2D eigenvalue weighted by Crippen LogP contribution is 2.35. The van der Waals surface area contributed by atoms with Crippen LogP contribution in [0.15, 0.2) is 42.5 Å². The van der Waals surface area contributed by atoms with Gasteiger partial charge in [-0.2, -0.15) is 5.06 Å². The normalized spacial score (nSPS) is 24.8. The standard InChI is InChI=1S/C15H12N2O5/c18-11-6-7-12(19)16(11)15(8-10-4-2-1-3-5-10)9-13(20)17(22)14(15)21/h1-7,22H,8-9H2. The maximum Gasteiger partial charge on any atom is 0.280 e. The average molecular weight is 300 g/mol. The van der Waals surface area contributed by atoms with E-state index in [1.165, 1.54) is 0 Å². The summed E-state index contributed by atoms with van der Waals surface area (Å²) in [6.45, 7) is 0. The van der Waals surface area contributed by atoms with E-state index in [2.05, 4.69) is 0 Å². The van der Waals surface area contributed by atoms with Gasteiger partial charge in [-0.25, -0.2) is 0 Å². The highest BCUT2D eigenvalue weighted by Gasteiger charge is 2.59. The molecule has 2 heterocycles. The first-order valence-corrected chi connectivity index (χ1v) is 6.62. The van der Waals surface area contributed by atoms with Crippen molar-refractivity contribution in [2.75, 3.05) is 0 Å². The summed E-state index contributed by atoms with van der Waals surface area (Å²) in [6.07, 6.45) is 1.63. The molecule has 0 saturated carbocycles. The molecule has 1 saturated heterocycles. The Labute approximate surface area is 125 Å². The molecule has 1 N–H and O–H groups in total. The van der Waals surface area contributed by atoms with Crippen LogP contribution < -0.4 is 0 Å². The Balaban J connectivity index is 2.07. The molecule has 7 nitrogen and oxygen atoms in total. The van der Waals surface area contributed by atoms with Gasteiger partial charge < -0.3 is 0 Å². The zero-order valence-corrected chi connectivity index (χ0v) is 11.4. The Bertz CT molecular complexity index is 694. The predicted octanol–water partition coefficient (Wildman–Crippen LogP) is 0.0410. The van der Waals surface area contributed by atoms with Gasteiger partial charge in [-0.1, -0.05) is 30.3 Å². The highest BCUT2D eigenvalue weighted by atomic mass is 16.5. The average Bonchev–Trinajstić information content (AvgIpc) is 2.94. The van der Waals surface area contributed by atoms with Gasteiger partial charge >= 0.3 is 0 Å². The lowest BCUT2D eigenvalue weighted by molar-refractivity contribution is -0.176. The van der Waals surface area contributed by atoms with Gasteiger partial charge in [0.1, 0.15) is 5.54 Å². The lowest BCUT2D eigenvalue weighted by Crippen LogP contribution is -2.58. The molecule has 0 aliphatic carbocycles. The van der Waals surface area contributed by atoms with E-state index in [1.807, 2.05) is 0 Å². The van der Waals surface area contributed by atoms with Crippen LogP contribution in [-0.4, -0.2) is 44.3 Å². The van der Waals surface area contributed by atoms with E-state index in [0.29, 0.717) is 5.56 Å². The van der Waals surface area contributed by atoms with Crippen molar-refractivity contribution in [3.63, 3.8) is 0 Å². The van der Waals surface area contributed by atoms with E-state index in [9.17, 15) is 24.4 Å². The van der Waals surface area contributed by atoms with E-state index in [-0.39, 0.29) is 11.5 Å². The van der Waals surface area contributed by atoms with E-state index in [4.69, 9.17) is 0 Å². The second-order valence-electron chi connectivity index (χ2n) is 5.23. The number of imide groups is 2. The van der Waals surface area contributed by atoms with E-state index >= 15 is 0 Å². The smallest absolute Gasteiger partial charge is 0.278 e. The van der Waals surface area contributed by atoms with Gasteiger partial charge in [-0.3, -0.25) is 29.3 Å². The SMILES string of the molecule is O=C1CC(Cc2ccccc2)(N2C(=O)C=CC2=O)C(=O)N1O. The number of benzene rings is 1. The largest absolute Gasteiger partial charge is 0.280 e. The summed E-state index contributed by atoms with van der Waals surface area (Å²) < 4.78 is 0. The molecule has 2 aliphatic rings. The third kappa shape index (κ3) is 1.94.